The smallest absolute Gasteiger partial charge is 0.252 e. The molecule has 0 atom stereocenters. The first-order valence-electron chi connectivity index (χ1n) is 7.38. The van der Waals surface area contributed by atoms with Gasteiger partial charge in [-0.3, -0.25) is 6.08 Å². The summed E-state index contributed by atoms with van der Waals surface area (Å²) >= 11 is 0. The first-order chi connectivity index (χ1) is 10.2. The largest absolute Gasteiger partial charge is 1.00 e. The van der Waals surface area contributed by atoms with Gasteiger partial charge in [0, 0.05) is 0 Å². The predicted octanol–water partition coefficient (Wildman–Crippen LogP) is 1.59. The summed E-state index contributed by atoms with van der Waals surface area (Å²) in [5.41, 5.74) is 1.42. The van der Waals surface area contributed by atoms with Gasteiger partial charge in [-0.1, -0.05) is 80.9 Å². The van der Waals surface area contributed by atoms with E-state index in [1.165, 1.54) is 16.2 Å². The molecule has 0 saturated carbocycles. The van der Waals surface area contributed by atoms with Crippen molar-refractivity contribution in [2.75, 3.05) is 0 Å². The average molecular weight is 298 g/mol. The second-order valence-electron chi connectivity index (χ2n) is 5.79. The Morgan fingerprint density at radius 2 is 1.36 bits per heavy atom. The third kappa shape index (κ3) is 3.47. The Hall–Kier alpha value is -1.05. The number of allylic oxidation sites excluding steroid dienone is 4. The minimum atomic E-state index is -0.445. The molecule has 0 saturated heterocycles. The van der Waals surface area contributed by atoms with Gasteiger partial charge >= 0.3 is 18.9 Å². The van der Waals surface area contributed by atoms with E-state index in [4.69, 9.17) is 0 Å². The van der Waals surface area contributed by atoms with Crippen molar-refractivity contribution in [3.05, 3.63) is 84.5 Å². The fourth-order valence-corrected chi connectivity index (χ4v) is 5.86. The molecule has 0 aromatic heterocycles. The summed E-state index contributed by atoms with van der Waals surface area (Å²) in [6.45, 7) is 4.74. The molecule has 0 bridgehead atoms. The van der Waals surface area contributed by atoms with Gasteiger partial charge in [0.25, 0.3) is 0 Å². The monoisotopic (exact) mass is 298 g/mol. The van der Waals surface area contributed by atoms with Gasteiger partial charge in [0.05, 0.1) is 0 Å². The summed E-state index contributed by atoms with van der Waals surface area (Å²) in [6, 6.07) is 21.8. The third-order valence-corrected chi connectivity index (χ3v) is 7.04. The van der Waals surface area contributed by atoms with Crippen LogP contribution >= 0.6 is 7.92 Å². The Morgan fingerprint density at radius 1 is 0.864 bits per heavy atom. The standard InChI is InChI=1S/C20H20P.Li/c1-20(2,17-11-9-10-12-17)21(18-13-5-3-6-14-18)19-15-7-4-8-16-19;/h3-10,13-16H,11H2,1-2H3;/q-1;+1. The molecule has 1 aliphatic carbocycles. The van der Waals surface area contributed by atoms with Gasteiger partial charge in [-0.25, -0.2) is 12.2 Å². The molecule has 0 amide bonds. The van der Waals surface area contributed by atoms with E-state index in [9.17, 15) is 0 Å². The van der Waals surface area contributed by atoms with Crippen LogP contribution in [-0.2, 0) is 0 Å². The van der Waals surface area contributed by atoms with E-state index in [2.05, 4.69) is 92.7 Å². The molecule has 2 aromatic carbocycles. The molecule has 0 heterocycles. The van der Waals surface area contributed by atoms with Gasteiger partial charge in [0.1, 0.15) is 0 Å². The van der Waals surface area contributed by atoms with E-state index < -0.39 is 7.92 Å². The van der Waals surface area contributed by atoms with E-state index in [1.807, 2.05) is 0 Å². The molecule has 0 aliphatic heterocycles. The fraction of sp³-hybridized carbons (Fsp3) is 0.200. The summed E-state index contributed by atoms with van der Waals surface area (Å²) in [6.07, 6.45) is 8.78. The topological polar surface area (TPSA) is 0 Å². The molecule has 0 nitrogen and oxygen atoms in total. The molecule has 0 fully saturated rings. The minimum absolute atomic E-state index is 0. The molecule has 0 radical (unpaired) electrons. The summed E-state index contributed by atoms with van der Waals surface area (Å²) in [7, 11) is -0.445. The Labute approximate surface area is 147 Å². The van der Waals surface area contributed by atoms with E-state index in [0.717, 1.165) is 6.42 Å². The third-order valence-electron chi connectivity index (χ3n) is 4.02. The fourth-order valence-electron chi connectivity index (χ4n) is 2.91. The van der Waals surface area contributed by atoms with Gasteiger partial charge in [-0.2, -0.15) is 5.57 Å². The van der Waals surface area contributed by atoms with Crippen LogP contribution in [0.2, 0.25) is 0 Å². The van der Waals surface area contributed by atoms with Gasteiger partial charge in [-0.05, 0) is 23.7 Å². The zero-order chi connectivity index (χ0) is 14.7. The van der Waals surface area contributed by atoms with Gasteiger partial charge in [0.15, 0.2) is 0 Å². The zero-order valence-electron chi connectivity index (χ0n) is 13.6. The second kappa shape index (κ2) is 7.48. The van der Waals surface area contributed by atoms with E-state index in [-0.39, 0.29) is 24.0 Å². The van der Waals surface area contributed by atoms with Crippen molar-refractivity contribution in [3.63, 3.8) is 0 Å². The van der Waals surface area contributed by atoms with Crippen LogP contribution < -0.4 is 29.5 Å². The van der Waals surface area contributed by atoms with Gasteiger partial charge < -0.3 is 0 Å². The molecule has 22 heavy (non-hydrogen) atoms. The Morgan fingerprint density at radius 3 is 1.77 bits per heavy atom. The van der Waals surface area contributed by atoms with E-state index >= 15 is 0 Å². The maximum atomic E-state index is 3.47. The van der Waals surface area contributed by atoms with Crippen LogP contribution in [-0.4, -0.2) is 5.16 Å². The first-order valence-corrected chi connectivity index (χ1v) is 8.72. The van der Waals surface area contributed by atoms with Gasteiger partial charge in [0.2, 0.25) is 0 Å². The molecule has 0 unspecified atom stereocenters. The van der Waals surface area contributed by atoms with Crippen molar-refractivity contribution in [1.82, 2.24) is 0 Å². The SMILES string of the molecule is CC(C)(C1=[C-]C=CC1)P(c1ccccc1)c1ccccc1.[Li+]. The number of rotatable bonds is 4. The molecule has 1 aliphatic rings. The molecule has 3 rings (SSSR count). The van der Waals surface area contributed by atoms with Crippen molar-refractivity contribution in [1.29, 1.82) is 0 Å². The van der Waals surface area contributed by atoms with E-state index in [1.54, 1.807) is 0 Å². The molecule has 2 aromatic rings. The van der Waals surface area contributed by atoms with Crippen molar-refractivity contribution in [2.45, 2.75) is 25.4 Å². The predicted molar refractivity (Wildman–Crippen MR) is 93.7 cm³/mol. The van der Waals surface area contributed by atoms with Crippen LogP contribution in [0.5, 0.6) is 0 Å². The van der Waals surface area contributed by atoms with Crippen LogP contribution in [0.1, 0.15) is 20.3 Å². The van der Waals surface area contributed by atoms with E-state index in [0.29, 0.717) is 0 Å². The molecule has 106 valence electrons. The van der Waals surface area contributed by atoms with Crippen LogP contribution in [0, 0.1) is 6.08 Å². The molecule has 2 heteroatoms. The summed E-state index contributed by atoms with van der Waals surface area (Å²) in [4.78, 5) is 0. The molecular weight excluding hydrogens is 278 g/mol. The van der Waals surface area contributed by atoms with Gasteiger partial charge in [-0.15, -0.1) is 0 Å². The van der Waals surface area contributed by atoms with Crippen LogP contribution in [0.3, 0.4) is 0 Å². The van der Waals surface area contributed by atoms with Crippen LogP contribution in [0.25, 0.3) is 0 Å². The summed E-state index contributed by atoms with van der Waals surface area (Å²) in [5, 5.41) is 2.98. The van der Waals surface area contributed by atoms with Crippen molar-refractivity contribution >= 4 is 18.5 Å². The maximum Gasteiger partial charge on any atom is 1.00 e. The van der Waals surface area contributed by atoms with Crippen molar-refractivity contribution in [2.24, 2.45) is 0 Å². The zero-order valence-corrected chi connectivity index (χ0v) is 14.5. The maximum absolute atomic E-state index is 3.47. The Bertz CT molecular complexity index is 617. The normalized spacial score (nSPS) is 13.9. The first kappa shape index (κ1) is 17.3. The van der Waals surface area contributed by atoms with Crippen LogP contribution in [0.15, 0.2) is 78.4 Å². The Kier molecular flexibility index (Phi) is 5.88. The molecule has 0 spiro atoms. The molecule has 0 N–H and O–H groups in total. The minimum Gasteiger partial charge on any atom is -0.252 e. The quantitative estimate of drug-likeness (QED) is 0.457. The van der Waals surface area contributed by atoms with Crippen molar-refractivity contribution in [3.8, 4) is 0 Å². The average Bonchev–Trinajstić information content (AvgIpc) is 3.04. The summed E-state index contributed by atoms with van der Waals surface area (Å²) in [5.74, 6) is 0. The van der Waals surface area contributed by atoms with Crippen LogP contribution in [0.4, 0.5) is 0 Å². The Balaban J connectivity index is 0.00000176. The number of hydrogen-bond donors (Lipinski definition) is 0. The second-order valence-corrected chi connectivity index (χ2v) is 8.62. The van der Waals surface area contributed by atoms with Crippen molar-refractivity contribution < 1.29 is 18.9 Å². The number of hydrogen-bond acceptors (Lipinski definition) is 0. The number of benzene rings is 2. The summed E-state index contributed by atoms with van der Waals surface area (Å²) < 4.78 is 0. The molecular formula is C20H20LiP.